The maximum Gasteiger partial charge on any atom is 0.128 e. The van der Waals surface area contributed by atoms with Crippen LogP contribution in [0.1, 0.15) is 25.8 Å². The van der Waals surface area contributed by atoms with Gasteiger partial charge in [-0.3, -0.25) is 5.41 Å². The molecule has 2 unspecified atom stereocenters. The highest BCUT2D eigenvalue weighted by atomic mass is 15.2. The fraction of sp³-hybridized carbons (Fsp3) is 0.500. The van der Waals surface area contributed by atoms with Crippen LogP contribution < -0.4 is 0 Å². The number of amidine groups is 1. The number of nitrogens with one attached hydrogen (secondary N) is 1. The van der Waals surface area contributed by atoms with E-state index in [1.807, 2.05) is 30.3 Å². The summed E-state index contributed by atoms with van der Waals surface area (Å²) >= 11 is 0. The van der Waals surface area contributed by atoms with Crippen LogP contribution in [0, 0.1) is 17.2 Å². The number of benzene rings is 1. The Morgan fingerprint density at radius 2 is 1.69 bits per heavy atom. The second-order valence-electron chi connectivity index (χ2n) is 5.07. The van der Waals surface area contributed by atoms with Crippen molar-refractivity contribution in [3.8, 4) is 0 Å². The number of nitrogens with zero attached hydrogens (tertiary/aromatic N) is 1. The fourth-order valence-corrected chi connectivity index (χ4v) is 2.62. The molecular formula is C14H20N2. The minimum absolute atomic E-state index is 0.680. The predicted octanol–water partition coefficient (Wildman–Crippen LogP) is 2.99. The molecule has 1 N–H and O–H groups in total. The summed E-state index contributed by atoms with van der Waals surface area (Å²) in [7, 11) is 0. The maximum atomic E-state index is 8.23. The lowest BCUT2D eigenvalue weighted by Gasteiger charge is -2.36. The molecule has 2 nitrogen and oxygen atoms in total. The van der Waals surface area contributed by atoms with Crippen LogP contribution in [-0.2, 0) is 0 Å². The summed E-state index contributed by atoms with van der Waals surface area (Å²) in [6, 6.07) is 10.0. The second-order valence-corrected chi connectivity index (χ2v) is 5.07. The highest BCUT2D eigenvalue weighted by molar-refractivity contribution is 5.96. The molecule has 1 aromatic carbocycles. The summed E-state index contributed by atoms with van der Waals surface area (Å²) < 4.78 is 0. The van der Waals surface area contributed by atoms with Gasteiger partial charge in [-0.15, -0.1) is 0 Å². The molecule has 0 bridgehead atoms. The van der Waals surface area contributed by atoms with Crippen LogP contribution in [0.25, 0.3) is 0 Å². The Labute approximate surface area is 97.8 Å². The van der Waals surface area contributed by atoms with E-state index < -0.39 is 0 Å². The van der Waals surface area contributed by atoms with Crippen LogP contribution in [-0.4, -0.2) is 23.8 Å². The van der Waals surface area contributed by atoms with Crippen molar-refractivity contribution in [2.24, 2.45) is 11.8 Å². The van der Waals surface area contributed by atoms with Gasteiger partial charge in [0.15, 0.2) is 0 Å². The van der Waals surface area contributed by atoms with Gasteiger partial charge in [0.25, 0.3) is 0 Å². The average Bonchev–Trinajstić information content (AvgIpc) is 2.28. The Morgan fingerprint density at radius 3 is 2.25 bits per heavy atom. The molecule has 0 spiro atoms. The van der Waals surface area contributed by atoms with Gasteiger partial charge in [-0.05, 0) is 18.3 Å². The molecule has 0 aromatic heterocycles. The number of likely N-dealkylation sites (tertiary alicyclic amines) is 1. The Bertz CT molecular complexity index is 348. The van der Waals surface area contributed by atoms with E-state index in [0.29, 0.717) is 17.7 Å². The quantitative estimate of drug-likeness (QED) is 0.567. The highest BCUT2D eigenvalue weighted by Crippen LogP contribution is 2.22. The van der Waals surface area contributed by atoms with Crippen molar-refractivity contribution in [2.45, 2.75) is 20.3 Å². The summed E-state index contributed by atoms with van der Waals surface area (Å²) in [6.45, 7) is 6.61. The zero-order valence-electron chi connectivity index (χ0n) is 10.1. The molecule has 2 rings (SSSR count). The van der Waals surface area contributed by atoms with Gasteiger partial charge in [0, 0.05) is 18.7 Å². The molecular weight excluding hydrogens is 196 g/mol. The first-order chi connectivity index (χ1) is 7.66. The monoisotopic (exact) mass is 216 g/mol. The summed E-state index contributed by atoms with van der Waals surface area (Å²) in [4.78, 5) is 2.22. The summed E-state index contributed by atoms with van der Waals surface area (Å²) in [5, 5.41) is 8.23. The molecule has 0 amide bonds. The third-order valence-electron chi connectivity index (χ3n) is 3.23. The molecule has 2 atom stereocenters. The van der Waals surface area contributed by atoms with Gasteiger partial charge in [-0.1, -0.05) is 44.2 Å². The minimum Gasteiger partial charge on any atom is -0.356 e. The second kappa shape index (κ2) is 4.69. The topological polar surface area (TPSA) is 27.1 Å². The largest absolute Gasteiger partial charge is 0.356 e. The van der Waals surface area contributed by atoms with Crippen molar-refractivity contribution in [1.29, 1.82) is 5.41 Å². The van der Waals surface area contributed by atoms with Crippen LogP contribution in [0.15, 0.2) is 30.3 Å². The van der Waals surface area contributed by atoms with E-state index in [-0.39, 0.29) is 0 Å². The van der Waals surface area contributed by atoms with E-state index in [2.05, 4.69) is 18.7 Å². The van der Waals surface area contributed by atoms with Gasteiger partial charge < -0.3 is 4.90 Å². The molecule has 1 saturated heterocycles. The zero-order chi connectivity index (χ0) is 11.5. The van der Waals surface area contributed by atoms with Crippen molar-refractivity contribution in [3.63, 3.8) is 0 Å². The van der Waals surface area contributed by atoms with Crippen molar-refractivity contribution >= 4 is 5.84 Å². The molecule has 1 heterocycles. The van der Waals surface area contributed by atoms with Gasteiger partial charge in [0.1, 0.15) is 5.84 Å². The van der Waals surface area contributed by atoms with Gasteiger partial charge in [-0.2, -0.15) is 0 Å². The molecule has 16 heavy (non-hydrogen) atoms. The van der Waals surface area contributed by atoms with Crippen LogP contribution in [0.2, 0.25) is 0 Å². The van der Waals surface area contributed by atoms with Gasteiger partial charge >= 0.3 is 0 Å². The van der Waals surface area contributed by atoms with Crippen molar-refractivity contribution in [2.75, 3.05) is 13.1 Å². The van der Waals surface area contributed by atoms with Gasteiger partial charge in [-0.25, -0.2) is 0 Å². The third-order valence-corrected chi connectivity index (χ3v) is 3.23. The Kier molecular flexibility index (Phi) is 3.28. The number of hydrogen-bond acceptors (Lipinski definition) is 1. The molecule has 1 fully saturated rings. The smallest absolute Gasteiger partial charge is 0.128 e. The zero-order valence-corrected chi connectivity index (χ0v) is 10.1. The van der Waals surface area contributed by atoms with E-state index in [0.717, 1.165) is 18.7 Å². The van der Waals surface area contributed by atoms with Crippen molar-refractivity contribution in [3.05, 3.63) is 35.9 Å². The average molecular weight is 216 g/mol. The standard InChI is InChI=1S/C14H20N2/c1-11-8-12(2)10-16(9-11)14(15)13-6-4-3-5-7-13/h3-7,11-12,15H,8-10H2,1-2H3. The third kappa shape index (κ3) is 2.43. The first-order valence-electron chi connectivity index (χ1n) is 6.05. The first-order valence-corrected chi connectivity index (χ1v) is 6.05. The van der Waals surface area contributed by atoms with E-state index >= 15 is 0 Å². The summed E-state index contributed by atoms with van der Waals surface area (Å²) in [5.41, 5.74) is 1.03. The van der Waals surface area contributed by atoms with Crippen LogP contribution >= 0.6 is 0 Å². The molecule has 86 valence electrons. The molecule has 1 aromatic rings. The van der Waals surface area contributed by atoms with E-state index in [9.17, 15) is 0 Å². The number of rotatable bonds is 1. The Hall–Kier alpha value is -1.31. The Morgan fingerprint density at radius 1 is 1.12 bits per heavy atom. The molecule has 0 radical (unpaired) electrons. The fourth-order valence-electron chi connectivity index (χ4n) is 2.62. The van der Waals surface area contributed by atoms with E-state index in [1.165, 1.54) is 6.42 Å². The molecule has 2 heteroatoms. The lowest BCUT2D eigenvalue weighted by Crippen LogP contribution is -2.42. The summed E-state index contributed by atoms with van der Waals surface area (Å²) in [6.07, 6.45) is 1.29. The normalized spacial score (nSPS) is 25.5. The van der Waals surface area contributed by atoms with Crippen LogP contribution in [0.5, 0.6) is 0 Å². The van der Waals surface area contributed by atoms with Crippen molar-refractivity contribution < 1.29 is 0 Å². The van der Waals surface area contributed by atoms with E-state index in [4.69, 9.17) is 5.41 Å². The van der Waals surface area contributed by atoms with Gasteiger partial charge in [0.2, 0.25) is 0 Å². The van der Waals surface area contributed by atoms with Crippen LogP contribution in [0.3, 0.4) is 0 Å². The lowest BCUT2D eigenvalue weighted by molar-refractivity contribution is 0.213. The Balaban J connectivity index is 2.10. The summed E-state index contributed by atoms with van der Waals surface area (Å²) in [5.74, 6) is 2.08. The first kappa shape index (κ1) is 11.2. The predicted molar refractivity (Wildman–Crippen MR) is 67.8 cm³/mol. The van der Waals surface area contributed by atoms with Gasteiger partial charge in [0.05, 0.1) is 0 Å². The number of piperidine rings is 1. The minimum atomic E-state index is 0.680. The molecule has 0 aliphatic carbocycles. The van der Waals surface area contributed by atoms with Crippen LogP contribution in [0.4, 0.5) is 0 Å². The SMILES string of the molecule is CC1CC(C)CN(C(=N)c2ccccc2)C1. The number of hydrogen-bond donors (Lipinski definition) is 1. The molecule has 0 saturated carbocycles. The highest BCUT2D eigenvalue weighted by Gasteiger charge is 2.23. The van der Waals surface area contributed by atoms with Crippen molar-refractivity contribution in [1.82, 2.24) is 4.90 Å². The molecule has 1 aliphatic heterocycles. The van der Waals surface area contributed by atoms with E-state index in [1.54, 1.807) is 0 Å². The lowest BCUT2D eigenvalue weighted by atomic mass is 9.91. The maximum absolute atomic E-state index is 8.23. The molecule has 1 aliphatic rings.